The van der Waals surface area contributed by atoms with E-state index in [9.17, 15) is 4.79 Å². The topological polar surface area (TPSA) is 51.7 Å². The number of amides is 1. The average Bonchev–Trinajstić information content (AvgIpc) is 2.77. The maximum atomic E-state index is 12.8. The van der Waals surface area contributed by atoms with Gasteiger partial charge in [0.05, 0.1) is 36.5 Å². The number of ether oxygens (including phenoxy) is 2. The number of nitrogens with zero attached hydrogens (tertiary/aromatic N) is 2. The molecule has 0 radical (unpaired) electrons. The average molecular weight is 386 g/mol. The van der Waals surface area contributed by atoms with Crippen LogP contribution in [0.4, 0.5) is 4.79 Å². The summed E-state index contributed by atoms with van der Waals surface area (Å²) in [5, 5.41) is 1.13. The van der Waals surface area contributed by atoms with E-state index in [1.165, 1.54) is 5.57 Å². The minimum Gasteiger partial charge on any atom is -0.445 e. The Labute approximate surface area is 169 Å². The van der Waals surface area contributed by atoms with Crippen LogP contribution in [0.15, 0.2) is 72.8 Å². The van der Waals surface area contributed by atoms with Crippen molar-refractivity contribution in [2.75, 3.05) is 13.2 Å². The second-order valence-corrected chi connectivity index (χ2v) is 7.49. The fourth-order valence-electron chi connectivity index (χ4n) is 4.11. The Hall–Kier alpha value is -3.18. The van der Waals surface area contributed by atoms with Crippen LogP contribution in [0.25, 0.3) is 16.5 Å². The first-order chi connectivity index (χ1) is 14.3. The fraction of sp³-hybridized carbons (Fsp3) is 0.250. The molecule has 5 nitrogen and oxygen atoms in total. The molecule has 0 spiro atoms. The highest BCUT2D eigenvalue weighted by Gasteiger charge is 2.39. The third kappa shape index (κ3) is 3.61. The van der Waals surface area contributed by atoms with Crippen LogP contribution >= 0.6 is 0 Å². The summed E-state index contributed by atoms with van der Waals surface area (Å²) >= 11 is 0. The van der Waals surface area contributed by atoms with Crippen molar-refractivity contribution in [3.63, 3.8) is 0 Å². The van der Waals surface area contributed by atoms with Gasteiger partial charge in [-0.25, -0.2) is 9.78 Å². The molecule has 2 aliphatic rings. The van der Waals surface area contributed by atoms with Gasteiger partial charge in [0, 0.05) is 5.39 Å². The molecular formula is C24H22N2O3. The van der Waals surface area contributed by atoms with Crippen LogP contribution in [-0.4, -0.2) is 41.3 Å². The van der Waals surface area contributed by atoms with Gasteiger partial charge in [0.25, 0.3) is 0 Å². The number of benzene rings is 2. The number of carbonyl (C=O) groups excluding carboxylic acids is 1. The number of carbonyl (C=O) groups is 1. The molecular weight excluding hydrogens is 364 g/mol. The van der Waals surface area contributed by atoms with Gasteiger partial charge in [-0.05, 0) is 29.7 Å². The maximum absolute atomic E-state index is 12.8. The van der Waals surface area contributed by atoms with Crippen LogP contribution < -0.4 is 0 Å². The van der Waals surface area contributed by atoms with E-state index < -0.39 is 0 Å². The van der Waals surface area contributed by atoms with Crippen LogP contribution in [-0.2, 0) is 16.1 Å². The summed E-state index contributed by atoms with van der Waals surface area (Å²) in [4.78, 5) is 19.5. The number of aromatic nitrogens is 1. The quantitative estimate of drug-likeness (QED) is 0.668. The summed E-state index contributed by atoms with van der Waals surface area (Å²) in [5.74, 6) is 0. The first-order valence-corrected chi connectivity index (χ1v) is 9.91. The van der Waals surface area contributed by atoms with Gasteiger partial charge >= 0.3 is 6.09 Å². The van der Waals surface area contributed by atoms with Gasteiger partial charge in [-0.3, -0.25) is 4.90 Å². The van der Waals surface area contributed by atoms with E-state index in [2.05, 4.69) is 24.3 Å². The number of morpholine rings is 1. The molecule has 0 saturated carbocycles. The molecule has 3 heterocycles. The lowest BCUT2D eigenvalue weighted by Gasteiger charge is -2.43. The van der Waals surface area contributed by atoms with E-state index in [0.29, 0.717) is 19.6 Å². The summed E-state index contributed by atoms with van der Waals surface area (Å²) in [7, 11) is 0. The number of hydrogen-bond donors (Lipinski definition) is 0. The van der Waals surface area contributed by atoms with Crippen LogP contribution in [0.1, 0.15) is 17.7 Å². The second-order valence-electron chi connectivity index (χ2n) is 7.49. The second kappa shape index (κ2) is 7.68. The Kier molecular flexibility index (Phi) is 4.74. The van der Waals surface area contributed by atoms with Crippen molar-refractivity contribution in [1.82, 2.24) is 9.88 Å². The van der Waals surface area contributed by atoms with E-state index in [4.69, 9.17) is 14.5 Å². The standard InChI is InChI=1S/C24H22N2O3/c27-24(29-14-17-6-2-1-3-7-17)26-20-12-19(13-21(26)16-28-15-20)23-11-10-18-8-4-5-9-22(18)25-23/h1-12,20-21H,13-16H2. The molecule has 2 unspecified atom stereocenters. The Bertz CT molecular complexity index is 1060. The SMILES string of the molecule is O=C(OCc1ccccc1)N1C2C=C(c3ccc4ccccc4n3)CC1COC2. The van der Waals surface area contributed by atoms with Gasteiger partial charge in [-0.15, -0.1) is 0 Å². The van der Waals surface area contributed by atoms with Crippen molar-refractivity contribution in [2.45, 2.75) is 25.1 Å². The highest BCUT2D eigenvalue weighted by atomic mass is 16.6. The summed E-state index contributed by atoms with van der Waals surface area (Å²) in [5.41, 5.74) is 4.10. The molecule has 2 bridgehead atoms. The minimum atomic E-state index is -0.283. The number of rotatable bonds is 3. The molecule has 1 aromatic heterocycles. The molecule has 2 atom stereocenters. The van der Waals surface area contributed by atoms with Crippen molar-refractivity contribution in [3.8, 4) is 0 Å². The lowest BCUT2D eigenvalue weighted by molar-refractivity contribution is -0.0342. The third-order valence-electron chi connectivity index (χ3n) is 5.54. The zero-order chi connectivity index (χ0) is 19.6. The third-order valence-corrected chi connectivity index (χ3v) is 5.54. The monoisotopic (exact) mass is 386 g/mol. The molecule has 0 N–H and O–H groups in total. The number of hydrogen-bond acceptors (Lipinski definition) is 4. The summed E-state index contributed by atoms with van der Waals surface area (Å²) in [6.45, 7) is 1.27. The first-order valence-electron chi connectivity index (χ1n) is 9.91. The van der Waals surface area contributed by atoms with Crippen LogP contribution in [0.3, 0.4) is 0 Å². The fourth-order valence-corrected chi connectivity index (χ4v) is 4.11. The van der Waals surface area contributed by atoms with Gasteiger partial charge in [-0.2, -0.15) is 0 Å². The van der Waals surface area contributed by atoms with Gasteiger partial charge in [-0.1, -0.05) is 60.7 Å². The van der Waals surface area contributed by atoms with Gasteiger partial charge < -0.3 is 9.47 Å². The molecule has 5 rings (SSSR count). The number of pyridine rings is 1. The molecule has 29 heavy (non-hydrogen) atoms. The Morgan fingerprint density at radius 1 is 1.03 bits per heavy atom. The lowest BCUT2D eigenvalue weighted by atomic mass is 9.92. The summed E-state index contributed by atoms with van der Waals surface area (Å²) in [6, 6.07) is 21.9. The van der Waals surface area contributed by atoms with Crippen molar-refractivity contribution in [3.05, 3.63) is 84.1 Å². The Balaban J connectivity index is 1.36. The highest BCUT2D eigenvalue weighted by molar-refractivity contribution is 5.81. The molecule has 1 fully saturated rings. The molecule has 1 saturated heterocycles. The molecule has 2 aromatic carbocycles. The molecule has 1 amide bonds. The van der Waals surface area contributed by atoms with Crippen LogP contribution in [0, 0.1) is 0 Å². The zero-order valence-electron chi connectivity index (χ0n) is 16.0. The van der Waals surface area contributed by atoms with E-state index in [-0.39, 0.29) is 24.8 Å². The van der Waals surface area contributed by atoms with Gasteiger partial charge in [0.2, 0.25) is 0 Å². The van der Waals surface area contributed by atoms with E-state index >= 15 is 0 Å². The predicted molar refractivity (Wildman–Crippen MR) is 111 cm³/mol. The van der Waals surface area contributed by atoms with Crippen molar-refractivity contribution >= 4 is 22.6 Å². The van der Waals surface area contributed by atoms with E-state index in [0.717, 1.165) is 22.2 Å². The molecule has 5 heteroatoms. The van der Waals surface area contributed by atoms with E-state index in [1.807, 2.05) is 53.4 Å². The summed E-state index contributed by atoms with van der Waals surface area (Å²) in [6.07, 6.45) is 2.53. The Morgan fingerprint density at radius 3 is 2.72 bits per heavy atom. The molecule has 3 aromatic rings. The molecule has 0 aliphatic carbocycles. The number of fused-ring (bicyclic) bond motifs is 3. The van der Waals surface area contributed by atoms with Gasteiger partial charge in [0.1, 0.15) is 6.61 Å². The van der Waals surface area contributed by atoms with Crippen molar-refractivity contribution in [1.29, 1.82) is 0 Å². The van der Waals surface area contributed by atoms with Crippen molar-refractivity contribution in [2.24, 2.45) is 0 Å². The maximum Gasteiger partial charge on any atom is 0.411 e. The zero-order valence-corrected chi connectivity index (χ0v) is 16.0. The van der Waals surface area contributed by atoms with E-state index in [1.54, 1.807) is 0 Å². The largest absolute Gasteiger partial charge is 0.445 e. The predicted octanol–water partition coefficient (Wildman–Crippen LogP) is 4.43. The first kappa shape index (κ1) is 17.9. The normalized spacial score (nSPS) is 21.0. The minimum absolute atomic E-state index is 0.0368. The molecule has 146 valence electrons. The van der Waals surface area contributed by atoms with Crippen LogP contribution in [0.2, 0.25) is 0 Å². The van der Waals surface area contributed by atoms with Gasteiger partial charge in [0.15, 0.2) is 0 Å². The smallest absolute Gasteiger partial charge is 0.411 e. The molecule has 2 aliphatic heterocycles. The Morgan fingerprint density at radius 2 is 1.86 bits per heavy atom. The number of para-hydroxylation sites is 1. The lowest BCUT2D eigenvalue weighted by Crippen LogP contribution is -2.56. The van der Waals surface area contributed by atoms with Crippen LogP contribution in [0.5, 0.6) is 0 Å². The highest BCUT2D eigenvalue weighted by Crippen LogP contribution is 2.33. The summed E-state index contributed by atoms with van der Waals surface area (Å²) < 4.78 is 11.3. The van der Waals surface area contributed by atoms with Crippen molar-refractivity contribution < 1.29 is 14.3 Å².